The highest BCUT2D eigenvalue weighted by Crippen LogP contribution is 2.24. The van der Waals surface area contributed by atoms with Crippen LogP contribution in [0.3, 0.4) is 0 Å². The molecule has 0 saturated carbocycles. The molecule has 1 aromatic rings. The summed E-state index contributed by atoms with van der Waals surface area (Å²) in [6, 6.07) is 3.45. The zero-order valence-corrected chi connectivity index (χ0v) is 12.8. The lowest BCUT2D eigenvalue weighted by Gasteiger charge is -2.28. The van der Waals surface area contributed by atoms with Crippen molar-refractivity contribution in [2.45, 2.75) is 36.9 Å². The van der Waals surface area contributed by atoms with Crippen molar-refractivity contribution in [1.29, 1.82) is 0 Å². The molecule has 0 aliphatic heterocycles. The van der Waals surface area contributed by atoms with Gasteiger partial charge in [-0.15, -0.1) is 11.3 Å². The molecule has 0 saturated heterocycles. The molecule has 6 heteroatoms. The first-order chi connectivity index (χ1) is 8.57. The molecule has 0 fully saturated rings. The number of hydrogen-bond donors (Lipinski definition) is 0. The molecule has 0 radical (unpaired) electrons. The Morgan fingerprint density at radius 1 is 1.39 bits per heavy atom. The van der Waals surface area contributed by atoms with E-state index in [9.17, 15) is 8.42 Å². The van der Waals surface area contributed by atoms with Crippen LogP contribution in [0.4, 0.5) is 0 Å². The summed E-state index contributed by atoms with van der Waals surface area (Å²) in [5.74, 6) is 0. The van der Waals surface area contributed by atoms with Gasteiger partial charge in [0.25, 0.3) is 10.0 Å². The van der Waals surface area contributed by atoms with Crippen molar-refractivity contribution in [2.24, 2.45) is 0 Å². The molecule has 18 heavy (non-hydrogen) atoms. The first-order valence-electron chi connectivity index (χ1n) is 6.12. The number of thiophene rings is 1. The van der Waals surface area contributed by atoms with Gasteiger partial charge in [0.1, 0.15) is 4.21 Å². The summed E-state index contributed by atoms with van der Waals surface area (Å²) in [7, 11) is -1.80. The summed E-state index contributed by atoms with van der Waals surface area (Å²) in [6.45, 7) is 4.85. The van der Waals surface area contributed by atoms with E-state index in [1.807, 2.05) is 13.8 Å². The van der Waals surface area contributed by atoms with Crippen LogP contribution in [0, 0.1) is 0 Å². The van der Waals surface area contributed by atoms with Gasteiger partial charge in [-0.2, -0.15) is 4.31 Å². The standard InChI is InChI=1S/C12H21NO3S2/c1-4-11(5-2)13(8-9-16-3)18(14,15)12-7-6-10-17-12/h6-7,10-11H,4-5,8-9H2,1-3H3. The van der Waals surface area contributed by atoms with Crippen LogP contribution in [0.1, 0.15) is 26.7 Å². The van der Waals surface area contributed by atoms with Crippen LogP contribution in [0.15, 0.2) is 21.7 Å². The smallest absolute Gasteiger partial charge is 0.252 e. The van der Waals surface area contributed by atoms with E-state index in [0.717, 1.165) is 12.8 Å². The SMILES string of the molecule is CCC(CC)N(CCOC)S(=O)(=O)c1cccs1. The molecule has 0 bridgehead atoms. The van der Waals surface area contributed by atoms with Gasteiger partial charge in [0.15, 0.2) is 0 Å². The van der Waals surface area contributed by atoms with Crippen molar-refractivity contribution in [3.05, 3.63) is 17.5 Å². The molecule has 0 atom stereocenters. The number of sulfonamides is 1. The van der Waals surface area contributed by atoms with Crippen LogP contribution >= 0.6 is 11.3 Å². The predicted octanol–water partition coefficient (Wildman–Crippen LogP) is 2.57. The molecule has 0 aliphatic rings. The monoisotopic (exact) mass is 291 g/mol. The van der Waals surface area contributed by atoms with Crippen LogP contribution in [0.5, 0.6) is 0 Å². The highest BCUT2D eigenvalue weighted by molar-refractivity contribution is 7.91. The summed E-state index contributed by atoms with van der Waals surface area (Å²) in [4.78, 5) is 0. The number of hydrogen-bond acceptors (Lipinski definition) is 4. The molecule has 1 heterocycles. The zero-order valence-electron chi connectivity index (χ0n) is 11.1. The highest BCUT2D eigenvalue weighted by atomic mass is 32.2. The van der Waals surface area contributed by atoms with Gasteiger partial charge in [-0.1, -0.05) is 19.9 Å². The van der Waals surface area contributed by atoms with E-state index in [1.165, 1.54) is 11.3 Å². The summed E-state index contributed by atoms with van der Waals surface area (Å²) >= 11 is 1.26. The molecule has 0 unspecified atom stereocenters. The molecule has 1 rings (SSSR count). The van der Waals surface area contributed by atoms with E-state index in [4.69, 9.17) is 4.74 Å². The third-order valence-corrected chi connectivity index (χ3v) is 6.25. The largest absolute Gasteiger partial charge is 0.383 e. The van der Waals surface area contributed by atoms with Crippen molar-refractivity contribution < 1.29 is 13.2 Å². The van der Waals surface area contributed by atoms with E-state index < -0.39 is 10.0 Å². The minimum atomic E-state index is -3.38. The maximum absolute atomic E-state index is 12.5. The molecule has 1 aromatic heterocycles. The molecule has 0 N–H and O–H groups in total. The fourth-order valence-electron chi connectivity index (χ4n) is 1.90. The van der Waals surface area contributed by atoms with E-state index >= 15 is 0 Å². The average Bonchev–Trinajstić information content (AvgIpc) is 2.88. The van der Waals surface area contributed by atoms with Crippen molar-refractivity contribution in [3.63, 3.8) is 0 Å². The summed E-state index contributed by atoms with van der Waals surface area (Å²) in [5, 5.41) is 1.79. The molecule has 104 valence electrons. The Hall–Kier alpha value is -0.430. The van der Waals surface area contributed by atoms with Gasteiger partial charge < -0.3 is 4.74 Å². The van der Waals surface area contributed by atoms with Gasteiger partial charge in [-0.3, -0.25) is 0 Å². The molecule has 0 spiro atoms. The molecule has 4 nitrogen and oxygen atoms in total. The van der Waals surface area contributed by atoms with E-state index in [0.29, 0.717) is 17.4 Å². The Kier molecular flexibility index (Phi) is 6.28. The van der Waals surface area contributed by atoms with Gasteiger partial charge in [0.05, 0.1) is 6.61 Å². The number of rotatable bonds is 8. The van der Waals surface area contributed by atoms with Gasteiger partial charge in [0.2, 0.25) is 0 Å². The second kappa shape index (κ2) is 7.23. The fourth-order valence-corrected chi connectivity index (χ4v) is 4.78. The maximum atomic E-state index is 12.5. The molecule has 0 aromatic carbocycles. The van der Waals surface area contributed by atoms with Crippen molar-refractivity contribution in [1.82, 2.24) is 4.31 Å². The van der Waals surface area contributed by atoms with Crippen LogP contribution in [0.2, 0.25) is 0 Å². The second-order valence-corrected chi connectivity index (χ2v) is 7.08. The minimum absolute atomic E-state index is 0.0345. The summed E-state index contributed by atoms with van der Waals surface area (Å²) in [5.41, 5.74) is 0. The number of methoxy groups -OCH3 is 1. The van der Waals surface area contributed by atoms with Gasteiger partial charge in [0, 0.05) is 19.7 Å². The predicted molar refractivity (Wildman–Crippen MR) is 74.5 cm³/mol. The van der Waals surface area contributed by atoms with Crippen LogP contribution in [0.25, 0.3) is 0 Å². The van der Waals surface area contributed by atoms with Crippen LogP contribution in [-0.4, -0.2) is 39.0 Å². The van der Waals surface area contributed by atoms with E-state index in [2.05, 4.69) is 0 Å². The highest BCUT2D eigenvalue weighted by Gasteiger charge is 2.29. The van der Waals surface area contributed by atoms with Crippen molar-refractivity contribution in [2.75, 3.05) is 20.3 Å². The van der Waals surface area contributed by atoms with Crippen LogP contribution in [-0.2, 0) is 14.8 Å². The minimum Gasteiger partial charge on any atom is -0.383 e. The first kappa shape index (κ1) is 15.6. The number of ether oxygens (including phenoxy) is 1. The topological polar surface area (TPSA) is 46.6 Å². The Balaban J connectivity index is 3.01. The fraction of sp³-hybridized carbons (Fsp3) is 0.667. The lowest BCUT2D eigenvalue weighted by atomic mass is 10.2. The van der Waals surface area contributed by atoms with E-state index in [1.54, 1.807) is 28.9 Å². The summed E-state index contributed by atoms with van der Waals surface area (Å²) < 4.78 is 32.1. The van der Waals surface area contributed by atoms with Gasteiger partial charge in [-0.25, -0.2) is 8.42 Å². The van der Waals surface area contributed by atoms with Crippen molar-refractivity contribution >= 4 is 21.4 Å². The quantitative estimate of drug-likeness (QED) is 0.739. The second-order valence-electron chi connectivity index (χ2n) is 4.01. The molecule has 0 aliphatic carbocycles. The third kappa shape index (κ3) is 3.54. The Morgan fingerprint density at radius 2 is 2.06 bits per heavy atom. The van der Waals surface area contributed by atoms with E-state index in [-0.39, 0.29) is 6.04 Å². The van der Waals surface area contributed by atoms with Crippen LogP contribution < -0.4 is 0 Å². The lowest BCUT2D eigenvalue weighted by Crippen LogP contribution is -2.41. The average molecular weight is 291 g/mol. The molecule has 0 amide bonds. The Bertz CT molecular complexity index is 424. The molecular weight excluding hydrogens is 270 g/mol. The lowest BCUT2D eigenvalue weighted by molar-refractivity contribution is 0.163. The third-order valence-electron chi connectivity index (χ3n) is 2.92. The zero-order chi connectivity index (χ0) is 13.6. The molecular formula is C12H21NO3S2. The summed E-state index contributed by atoms with van der Waals surface area (Å²) in [6.07, 6.45) is 1.62. The Morgan fingerprint density at radius 3 is 2.50 bits per heavy atom. The van der Waals surface area contributed by atoms with Crippen molar-refractivity contribution in [3.8, 4) is 0 Å². The maximum Gasteiger partial charge on any atom is 0.252 e. The van der Waals surface area contributed by atoms with Gasteiger partial charge >= 0.3 is 0 Å². The van der Waals surface area contributed by atoms with Gasteiger partial charge in [-0.05, 0) is 24.3 Å². The normalized spacial score (nSPS) is 12.5. The number of nitrogens with zero attached hydrogens (tertiary/aromatic N) is 1. The Labute approximate surface area is 114 Å². The first-order valence-corrected chi connectivity index (χ1v) is 8.44.